The van der Waals surface area contributed by atoms with Crippen molar-refractivity contribution in [2.75, 3.05) is 23.7 Å². The van der Waals surface area contributed by atoms with Gasteiger partial charge in [0.1, 0.15) is 5.82 Å². The van der Waals surface area contributed by atoms with Gasteiger partial charge in [-0.2, -0.15) is 0 Å². The number of hydrogen-bond acceptors (Lipinski definition) is 4. The lowest BCUT2D eigenvalue weighted by Crippen LogP contribution is -2.15. The molecule has 2 heterocycles. The van der Waals surface area contributed by atoms with E-state index in [0.29, 0.717) is 22.4 Å². The fraction of sp³-hybridized carbons (Fsp3) is 0.0833. The number of rotatable bonds is 6. The number of nitrogens with one attached hydrogen (secondary N) is 3. The lowest BCUT2D eigenvalue weighted by Gasteiger charge is -2.13. The number of aromatic nitrogens is 3. The van der Waals surface area contributed by atoms with Gasteiger partial charge >= 0.3 is 0 Å². The van der Waals surface area contributed by atoms with E-state index in [1.807, 2.05) is 36.5 Å². The van der Waals surface area contributed by atoms with Gasteiger partial charge in [0.15, 0.2) is 5.82 Å². The number of nitrogens with zero attached hydrogens (tertiary/aromatic N) is 2. The van der Waals surface area contributed by atoms with Crippen LogP contribution in [0.15, 0.2) is 72.9 Å². The lowest BCUT2D eigenvalue weighted by molar-refractivity contribution is 1.06. The predicted molar refractivity (Wildman–Crippen MR) is 130 cm³/mol. The van der Waals surface area contributed by atoms with Crippen LogP contribution < -0.4 is 10.6 Å². The van der Waals surface area contributed by atoms with Crippen molar-refractivity contribution in [1.29, 1.82) is 0 Å². The van der Waals surface area contributed by atoms with E-state index in [-0.39, 0.29) is 0 Å². The summed E-state index contributed by atoms with van der Waals surface area (Å²) in [6.45, 7) is 1.44. The topological polar surface area (TPSA) is 65.6 Å². The molecule has 5 rings (SSSR count). The first-order chi connectivity index (χ1) is 15.2. The predicted octanol–water partition coefficient (Wildman–Crippen LogP) is 6.61. The molecule has 0 saturated carbocycles. The summed E-state index contributed by atoms with van der Waals surface area (Å²) in [5.41, 5.74) is 3.81. The van der Waals surface area contributed by atoms with E-state index >= 15 is 0 Å². The maximum absolute atomic E-state index is 6.40. The zero-order valence-corrected chi connectivity index (χ0v) is 18.0. The Hall–Kier alpha value is -3.28. The highest BCUT2D eigenvalue weighted by Crippen LogP contribution is 2.31. The highest BCUT2D eigenvalue weighted by atomic mass is 35.5. The summed E-state index contributed by atoms with van der Waals surface area (Å²) in [5, 5.41) is 10.1. The molecule has 7 heteroatoms. The second-order valence-electron chi connectivity index (χ2n) is 7.17. The fourth-order valence-electron chi connectivity index (χ4n) is 3.55. The SMILES string of the molecule is Clc1ccc(-c2nc(NCCNc3ccc4[nH]ccc4c3)c3ccccc3n2)c(Cl)c1. The van der Waals surface area contributed by atoms with Crippen LogP contribution in [0.3, 0.4) is 0 Å². The lowest BCUT2D eigenvalue weighted by atomic mass is 10.2. The Morgan fingerprint density at radius 3 is 2.61 bits per heavy atom. The molecule has 0 aliphatic rings. The minimum absolute atomic E-state index is 0.524. The van der Waals surface area contributed by atoms with E-state index in [1.54, 1.807) is 12.1 Å². The van der Waals surface area contributed by atoms with Gasteiger partial charge in [0.2, 0.25) is 0 Å². The molecule has 0 amide bonds. The van der Waals surface area contributed by atoms with Gasteiger partial charge in [-0.1, -0.05) is 35.3 Å². The van der Waals surface area contributed by atoms with E-state index in [9.17, 15) is 0 Å². The van der Waals surface area contributed by atoms with Crippen molar-refractivity contribution in [3.8, 4) is 11.4 Å². The Morgan fingerprint density at radius 1 is 0.839 bits per heavy atom. The van der Waals surface area contributed by atoms with Crippen LogP contribution in [0.5, 0.6) is 0 Å². The summed E-state index contributed by atoms with van der Waals surface area (Å²) in [4.78, 5) is 12.7. The maximum Gasteiger partial charge on any atom is 0.163 e. The molecule has 0 saturated heterocycles. The van der Waals surface area contributed by atoms with Gasteiger partial charge in [-0.3, -0.25) is 0 Å². The molecular formula is C24H19Cl2N5. The Bertz CT molecular complexity index is 1380. The normalized spacial score (nSPS) is 11.2. The molecule has 0 fully saturated rings. The summed E-state index contributed by atoms with van der Waals surface area (Å²) < 4.78 is 0. The van der Waals surface area contributed by atoms with Gasteiger partial charge in [0.05, 0.1) is 10.5 Å². The third kappa shape index (κ3) is 4.15. The average molecular weight is 448 g/mol. The van der Waals surface area contributed by atoms with Gasteiger partial charge in [0, 0.05) is 51.8 Å². The molecule has 0 spiro atoms. The molecule has 5 aromatic rings. The highest BCUT2D eigenvalue weighted by molar-refractivity contribution is 6.36. The fourth-order valence-corrected chi connectivity index (χ4v) is 4.05. The quantitative estimate of drug-likeness (QED) is 0.256. The van der Waals surface area contributed by atoms with Crippen molar-refractivity contribution >= 4 is 56.5 Å². The summed E-state index contributed by atoms with van der Waals surface area (Å²) in [5.74, 6) is 1.34. The number of halogens is 2. The van der Waals surface area contributed by atoms with Gasteiger partial charge in [0.25, 0.3) is 0 Å². The third-order valence-electron chi connectivity index (χ3n) is 5.08. The molecular weight excluding hydrogens is 429 g/mol. The van der Waals surface area contributed by atoms with Crippen molar-refractivity contribution in [2.24, 2.45) is 0 Å². The minimum Gasteiger partial charge on any atom is -0.383 e. The number of H-pyrrole nitrogens is 1. The summed E-state index contributed by atoms with van der Waals surface area (Å²) in [6, 6.07) is 21.6. The van der Waals surface area contributed by atoms with Crippen LogP contribution in [-0.4, -0.2) is 28.0 Å². The third-order valence-corrected chi connectivity index (χ3v) is 5.62. The molecule has 0 radical (unpaired) electrons. The Labute approximate surface area is 189 Å². The smallest absolute Gasteiger partial charge is 0.163 e. The number of aromatic amines is 1. The van der Waals surface area contributed by atoms with Gasteiger partial charge in [-0.25, -0.2) is 9.97 Å². The number of fused-ring (bicyclic) bond motifs is 2. The van der Waals surface area contributed by atoms with Crippen molar-refractivity contribution in [2.45, 2.75) is 0 Å². The second-order valence-corrected chi connectivity index (χ2v) is 8.01. The van der Waals surface area contributed by atoms with E-state index in [0.717, 1.165) is 40.0 Å². The maximum atomic E-state index is 6.40. The first-order valence-corrected chi connectivity index (χ1v) is 10.7. The Kier molecular flexibility index (Phi) is 5.37. The van der Waals surface area contributed by atoms with Crippen LogP contribution in [0.25, 0.3) is 33.2 Å². The van der Waals surface area contributed by atoms with Gasteiger partial charge < -0.3 is 15.6 Å². The van der Waals surface area contributed by atoms with Crippen LogP contribution >= 0.6 is 23.2 Å². The average Bonchev–Trinajstić information content (AvgIpc) is 3.24. The Balaban J connectivity index is 1.36. The van der Waals surface area contributed by atoms with E-state index in [2.05, 4.69) is 39.9 Å². The number of hydrogen-bond donors (Lipinski definition) is 3. The molecule has 0 aliphatic carbocycles. The van der Waals surface area contributed by atoms with Gasteiger partial charge in [-0.15, -0.1) is 0 Å². The molecule has 2 aromatic heterocycles. The molecule has 0 unspecified atom stereocenters. The van der Waals surface area contributed by atoms with Crippen LogP contribution in [0.2, 0.25) is 10.0 Å². The second kappa shape index (κ2) is 8.46. The number of anilines is 2. The molecule has 3 aromatic carbocycles. The van der Waals surface area contributed by atoms with Crippen LogP contribution in [-0.2, 0) is 0 Å². The van der Waals surface area contributed by atoms with Crippen molar-refractivity contribution in [3.63, 3.8) is 0 Å². The summed E-state index contributed by atoms with van der Waals surface area (Å²) >= 11 is 12.4. The van der Waals surface area contributed by atoms with E-state index in [1.165, 1.54) is 5.39 Å². The standard InChI is InChI=1S/C24H19Cl2N5/c25-16-5-7-18(20(26)14-16)24-30-22-4-2-1-3-19(22)23(31-24)29-12-11-27-17-6-8-21-15(13-17)9-10-28-21/h1-10,13-14,27-28H,11-12H2,(H,29,30,31). The molecule has 5 nitrogen and oxygen atoms in total. The largest absolute Gasteiger partial charge is 0.383 e. The van der Waals surface area contributed by atoms with E-state index < -0.39 is 0 Å². The first kappa shape index (κ1) is 19.7. The minimum atomic E-state index is 0.524. The summed E-state index contributed by atoms with van der Waals surface area (Å²) in [6.07, 6.45) is 1.95. The number of benzene rings is 3. The molecule has 3 N–H and O–H groups in total. The molecule has 0 atom stereocenters. The van der Waals surface area contributed by atoms with Gasteiger partial charge in [-0.05, 0) is 54.6 Å². The first-order valence-electron chi connectivity index (χ1n) is 9.94. The molecule has 0 bridgehead atoms. The van der Waals surface area contributed by atoms with Crippen LogP contribution in [0.1, 0.15) is 0 Å². The zero-order valence-electron chi connectivity index (χ0n) is 16.5. The highest BCUT2D eigenvalue weighted by Gasteiger charge is 2.12. The molecule has 154 valence electrons. The Morgan fingerprint density at radius 2 is 1.71 bits per heavy atom. The molecule has 0 aliphatic heterocycles. The van der Waals surface area contributed by atoms with Crippen LogP contribution in [0.4, 0.5) is 11.5 Å². The van der Waals surface area contributed by atoms with Crippen molar-refractivity contribution in [1.82, 2.24) is 15.0 Å². The monoisotopic (exact) mass is 447 g/mol. The van der Waals surface area contributed by atoms with Crippen LogP contribution in [0, 0.1) is 0 Å². The molecule has 31 heavy (non-hydrogen) atoms. The summed E-state index contributed by atoms with van der Waals surface area (Å²) in [7, 11) is 0. The number of para-hydroxylation sites is 1. The zero-order chi connectivity index (χ0) is 21.2. The van der Waals surface area contributed by atoms with E-state index in [4.69, 9.17) is 33.2 Å². The van der Waals surface area contributed by atoms with Crippen molar-refractivity contribution < 1.29 is 0 Å². The van der Waals surface area contributed by atoms with Crippen molar-refractivity contribution in [3.05, 3.63) is 83.0 Å².